The summed E-state index contributed by atoms with van der Waals surface area (Å²) < 4.78 is 0. The van der Waals surface area contributed by atoms with Crippen LogP contribution in [-0.2, 0) is 10.8 Å². The number of benzene rings is 8. The van der Waals surface area contributed by atoms with Crippen LogP contribution in [0.5, 0.6) is 0 Å². The Morgan fingerprint density at radius 1 is 0.314 bits per heavy atom. The summed E-state index contributed by atoms with van der Waals surface area (Å²) in [5, 5.41) is 2.55. The van der Waals surface area contributed by atoms with Crippen molar-refractivity contribution >= 4 is 27.8 Å². The van der Waals surface area contributed by atoms with E-state index in [1.807, 2.05) is 0 Å². The predicted octanol–water partition coefficient (Wildman–Crippen LogP) is 13.0. The van der Waals surface area contributed by atoms with E-state index in [4.69, 9.17) is 0 Å². The summed E-state index contributed by atoms with van der Waals surface area (Å²) in [6, 6.07) is 66.0. The summed E-state index contributed by atoms with van der Waals surface area (Å²) in [4.78, 5) is 2.46. The van der Waals surface area contributed by atoms with Crippen LogP contribution in [0, 0.1) is 0 Å². The van der Waals surface area contributed by atoms with Gasteiger partial charge in [-0.15, -0.1) is 0 Å². The Kier molecular flexibility index (Phi) is 5.72. The molecule has 11 rings (SSSR count). The van der Waals surface area contributed by atoms with Gasteiger partial charge in [0, 0.05) is 22.5 Å². The second kappa shape index (κ2) is 10.2. The van der Waals surface area contributed by atoms with Crippen LogP contribution in [0.4, 0.5) is 17.1 Å². The van der Waals surface area contributed by atoms with Crippen LogP contribution in [0.2, 0.25) is 0 Å². The number of nitrogens with zero attached hydrogens (tertiary/aromatic N) is 1. The van der Waals surface area contributed by atoms with Gasteiger partial charge in [0.15, 0.2) is 0 Å². The van der Waals surface area contributed by atoms with Crippen molar-refractivity contribution in [3.8, 4) is 33.4 Å². The van der Waals surface area contributed by atoms with Crippen LogP contribution < -0.4 is 4.90 Å². The Labute approximate surface area is 299 Å². The second-order valence-electron chi connectivity index (χ2n) is 14.9. The average Bonchev–Trinajstić information content (AvgIpc) is 3.73. The summed E-state index contributed by atoms with van der Waals surface area (Å²) in [6.07, 6.45) is 0. The molecule has 51 heavy (non-hydrogen) atoms. The van der Waals surface area contributed by atoms with Crippen molar-refractivity contribution in [1.82, 2.24) is 0 Å². The summed E-state index contributed by atoms with van der Waals surface area (Å²) in [7, 11) is 0. The van der Waals surface area contributed by atoms with E-state index in [1.165, 1.54) is 83.2 Å². The first-order chi connectivity index (χ1) is 25.0. The number of anilines is 3. The number of fused-ring (bicyclic) bond motifs is 14. The fourth-order valence-electron chi connectivity index (χ4n) is 9.81. The Balaban J connectivity index is 1.19. The second-order valence-corrected chi connectivity index (χ2v) is 14.9. The van der Waals surface area contributed by atoms with Crippen LogP contribution in [-0.4, -0.2) is 0 Å². The van der Waals surface area contributed by atoms with E-state index < -0.39 is 5.41 Å². The minimum Gasteiger partial charge on any atom is -0.310 e. The molecule has 0 N–H and O–H groups in total. The minimum absolute atomic E-state index is 0.0901. The molecule has 1 spiro atoms. The molecule has 8 aromatic carbocycles. The van der Waals surface area contributed by atoms with E-state index >= 15 is 0 Å². The molecular formula is C50H35N. The van der Waals surface area contributed by atoms with Crippen molar-refractivity contribution in [2.24, 2.45) is 0 Å². The van der Waals surface area contributed by atoms with Crippen molar-refractivity contribution < 1.29 is 0 Å². The van der Waals surface area contributed by atoms with Gasteiger partial charge in [-0.3, -0.25) is 0 Å². The molecule has 0 unspecified atom stereocenters. The molecule has 0 aromatic heterocycles. The smallest absolute Gasteiger partial charge is 0.0726 e. The number of para-hydroxylation sites is 1. The topological polar surface area (TPSA) is 3.24 Å². The van der Waals surface area contributed by atoms with Gasteiger partial charge < -0.3 is 4.90 Å². The molecule has 8 aromatic rings. The average molecular weight is 650 g/mol. The third-order valence-corrected chi connectivity index (χ3v) is 12.0. The zero-order valence-corrected chi connectivity index (χ0v) is 28.7. The lowest BCUT2D eigenvalue weighted by Gasteiger charge is -2.32. The molecule has 0 saturated heterocycles. The van der Waals surface area contributed by atoms with Crippen LogP contribution in [0.1, 0.15) is 47.2 Å². The van der Waals surface area contributed by atoms with E-state index in [9.17, 15) is 0 Å². The van der Waals surface area contributed by atoms with Crippen molar-refractivity contribution in [3.63, 3.8) is 0 Å². The van der Waals surface area contributed by atoms with Crippen molar-refractivity contribution in [2.45, 2.75) is 24.7 Å². The van der Waals surface area contributed by atoms with Gasteiger partial charge in [0.25, 0.3) is 0 Å². The standard InChI is InChI=1S/C50H35N/c1-49(2)43-21-11-8-18-37(43)40-26-24-35(30-46(40)49)51(34-16-4-3-5-17-34)36-25-27-41-42-28-32-14-6-7-15-33(32)29-47(42)50(48(41)31-36)44-22-12-9-19-38(44)39-20-10-13-23-45(39)50/h3-31H,1-2H3. The molecule has 3 aliphatic carbocycles. The first-order valence-electron chi connectivity index (χ1n) is 18.0. The van der Waals surface area contributed by atoms with Crippen LogP contribution in [0.25, 0.3) is 44.2 Å². The quantitative estimate of drug-likeness (QED) is 0.184. The summed E-state index contributed by atoms with van der Waals surface area (Å²) in [6.45, 7) is 4.73. The highest BCUT2D eigenvalue weighted by atomic mass is 15.1. The minimum atomic E-state index is -0.429. The molecule has 0 saturated carbocycles. The van der Waals surface area contributed by atoms with E-state index in [0.717, 1.165) is 11.4 Å². The molecule has 0 aliphatic heterocycles. The number of hydrogen-bond acceptors (Lipinski definition) is 1. The van der Waals surface area contributed by atoms with Gasteiger partial charge in [-0.2, -0.15) is 0 Å². The highest BCUT2D eigenvalue weighted by molar-refractivity contribution is 6.01. The Morgan fingerprint density at radius 2 is 0.765 bits per heavy atom. The Morgan fingerprint density at radius 3 is 1.41 bits per heavy atom. The van der Waals surface area contributed by atoms with Crippen LogP contribution in [0.15, 0.2) is 176 Å². The molecule has 3 aliphatic rings. The van der Waals surface area contributed by atoms with Gasteiger partial charge in [-0.1, -0.05) is 141 Å². The summed E-state index contributed by atoms with van der Waals surface area (Å²) in [5.41, 5.74) is 19.1. The Bertz CT molecular complexity index is 2690. The molecule has 0 heterocycles. The maximum absolute atomic E-state index is 2.50. The lowest BCUT2D eigenvalue weighted by molar-refractivity contribution is 0.660. The monoisotopic (exact) mass is 649 g/mol. The predicted molar refractivity (Wildman–Crippen MR) is 212 cm³/mol. The van der Waals surface area contributed by atoms with Crippen LogP contribution >= 0.6 is 0 Å². The van der Waals surface area contributed by atoms with Gasteiger partial charge >= 0.3 is 0 Å². The molecule has 1 nitrogen and oxygen atoms in total. The molecule has 0 bridgehead atoms. The molecule has 0 atom stereocenters. The van der Waals surface area contributed by atoms with Gasteiger partial charge in [-0.25, -0.2) is 0 Å². The largest absolute Gasteiger partial charge is 0.310 e. The van der Waals surface area contributed by atoms with Crippen molar-refractivity contribution in [3.05, 3.63) is 209 Å². The normalized spacial score (nSPS) is 14.8. The van der Waals surface area contributed by atoms with Gasteiger partial charge in [0.1, 0.15) is 0 Å². The highest BCUT2D eigenvalue weighted by Crippen LogP contribution is 2.64. The van der Waals surface area contributed by atoms with Gasteiger partial charge in [-0.05, 0) is 126 Å². The zero-order chi connectivity index (χ0) is 33.9. The molecule has 0 amide bonds. The zero-order valence-electron chi connectivity index (χ0n) is 28.7. The summed E-state index contributed by atoms with van der Waals surface area (Å²) >= 11 is 0. The molecular weight excluding hydrogens is 615 g/mol. The fraction of sp³-hybridized carbons (Fsp3) is 0.0800. The molecule has 1 heteroatoms. The third kappa shape index (κ3) is 3.71. The Hall–Kier alpha value is -6.18. The van der Waals surface area contributed by atoms with Crippen molar-refractivity contribution in [1.29, 1.82) is 0 Å². The molecule has 240 valence electrons. The van der Waals surface area contributed by atoms with E-state index in [0.29, 0.717) is 0 Å². The molecule has 0 radical (unpaired) electrons. The maximum Gasteiger partial charge on any atom is 0.0726 e. The SMILES string of the molecule is CC1(C)c2ccccc2-c2ccc(N(c3ccccc3)c3ccc4c(c3)C3(c5ccccc5-c5ccccc53)c3cc5ccccc5cc3-4)cc21. The first-order valence-corrected chi connectivity index (χ1v) is 18.0. The maximum atomic E-state index is 2.50. The highest BCUT2D eigenvalue weighted by Gasteiger charge is 2.52. The lowest BCUT2D eigenvalue weighted by Crippen LogP contribution is -2.26. The van der Waals surface area contributed by atoms with Gasteiger partial charge in [0.05, 0.1) is 5.41 Å². The fourth-order valence-corrected chi connectivity index (χ4v) is 9.81. The first kappa shape index (κ1) is 28.6. The van der Waals surface area contributed by atoms with Gasteiger partial charge in [0.2, 0.25) is 0 Å². The van der Waals surface area contributed by atoms with Crippen molar-refractivity contribution in [2.75, 3.05) is 4.90 Å². The molecule has 0 fully saturated rings. The third-order valence-electron chi connectivity index (χ3n) is 12.0. The van der Waals surface area contributed by atoms with Crippen LogP contribution in [0.3, 0.4) is 0 Å². The number of hydrogen-bond donors (Lipinski definition) is 0. The lowest BCUT2D eigenvalue weighted by atomic mass is 9.70. The van der Waals surface area contributed by atoms with E-state index in [2.05, 4.69) is 195 Å². The van der Waals surface area contributed by atoms with E-state index in [1.54, 1.807) is 0 Å². The number of rotatable bonds is 3. The summed E-state index contributed by atoms with van der Waals surface area (Å²) in [5.74, 6) is 0. The van der Waals surface area contributed by atoms with E-state index in [-0.39, 0.29) is 5.41 Å².